The molecule has 9 nitrogen and oxygen atoms in total. The molecule has 5 rings (SSSR count). The predicted molar refractivity (Wildman–Crippen MR) is 171 cm³/mol. The molecule has 10 heteroatoms. The van der Waals surface area contributed by atoms with E-state index in [1.165, 1.54) is 10.6 Å². The zero-order valence-corrected chi connectivity index (χ0v) is 26.1. The summed E-state index contributed by atoms with van der Waals surface area (Å²) in [5.41, 5.74) is 3.94. The molecule has 3 aromatic heterocycles. The van der Waals surface area contributed by atoms with E-state index in [0.29, 0.717) is 57.5 Å². The first-order valence-electron chi connectivity index (χ1n) is 14.5. The number of aliphatic hydroxyl groups is 1. The summed E-state index contributed by atoms with van der Waals surface area (Å²) in [6.45, 7) is 16.2. The van der Waals surface area contributed by atoms with Gasteiger partial charge in [-0.2, -0.15) is 4.98 Å². The Balaban J connectivity index is 1.84. The summed E-state index contributed by atoms with van der Waals surface area (Å²) in [6, 6.07) is 10.8. The molecule has 1 aliphatic heterocycles. The number of halogens is 1. The molecule has 1 aliphatic rings. The van der Waals surface area contributed by atoms with E-state index in [1.807, 2.05) is 69.9 Å². The second-order valence-electron chi connectivity index (χ2n) is 11.6. The number of benzene rings is 1. The lowest BCUT2D eigenvalue weighted by Crippen LogP contribution is -2.58. The van der Waals surface area contributed by atoms with E-state index in [0.717, 1.165) is 11.3 Å². The van der Waals surface area contributed by atoms with Gasteiger partial charge in [0, 0.05) is 36.9 Å². The van der Waals surface area contributed by atoms with E-state index in [-0.39, 0.29) is 23.9 Å². The van der Waals surface area contributed by atoms with Crippen molar-refractivity contribution in [2.24, 2.45) is 0 Å². The number of carbonyl (C=O) groups excluding carboxylic acids is 1. The average Bonchev–Trinajstić information content (AvgIpc) is 2.97. The van der Waals surface area contributed by atoms with Crippen LogP contribution in [0.25, 0.3) is 28.0 Å². The van der Waals surface area contributed by atoms with E-state index >= 15 is 0 Å². The van der Waals surface area contributed by atoms with E-state index < -0.39 is 11.8 Å². The maximum Gasteiger partial charge on any atom is 0.355 e. The molecule has 3 atom stereocenters. The van der Waals surface area contributed by atoms with Crippen LogP contribution in [0, 0.1) is 6.92 Å². The van der Waals surface area contributed by atoms with Crippen molar-refractivity contribution in [3.8, 4) is 16.9 Å². The summed E-state index contributed by atoms with van der Waals surface area (Å²) in [7, 11) is 0. The highest BCUT2D eigenvalue weighted by atomic mass is 35.5. The Morgan fingerprint density at radius 1 is 1.12 bits per heavy atom. The second kappa shape index (κ2) is 11.9. The van der Waals surface area contributed by atoms with Crippen LogP contribution in [0.5, 0.6) is 0 Å². The fourth-order valence-electron chi connectivity index (χ4n) is 5.92. The highest BCUT2D eigenvalue weighted by molar-refractivity contribution is 6.34. The molecule has 43 heavy (non-hydrogen) atoms. The number of aromatic nitrogens is 4. The minimum Gasteiger partial charge on any atom is -0.389 e. The number of aliphatic hydroxyl groups excluding tert-OH is 1. The average molecular weight is 601 g/mol. The standard InChI is InChI=1S/C33H37ClN6O3/c1-8-27(42)38-16-21(6)39(17-20(38)5)31-25-15-26(34)29(24-12-10-9-11-23(24)22(7)41)36-32(25)40(33(43)37-31)30-19(4)13-14-35-28(30)18(2)3/h8-15,18,20-22,41H,1,16-17H2,2-7H3/t20-,21+,22?/m1/s1. The van der Waals surface area contributed by atoms with E-state index in [4.69, 9.17) is 16.6 Å². The molecule has 1 fully saturated rings. The van der Waals surface area contributed by atoms with Gasteiger partial charge in [0.1, 0.15) is 5.82 Å². The molecular formula is C33H37ClN6O3. The molecule has 0 spiro atoms. The van der Waals surface area contributed by atoms with Gasteiger partial charge in [-0.05, 0) is 62.9 Å². The molecule has 224 valence electrons. The predicted octanol–water partition coefficient (Wildman–Crippen LogP) is 5.59. The van der Waals surface area contributed by atoms with E-state index in [2.05, 4.69) is 16.5 Å². The van der Waals surface area contributed by atoms with Crippen LogP contribution in [0.2, 0.25) is 5.02 Å². The third-order valence-corrected chi connectivity index (χ3v) is 8.40. The van der Waals surface area contributed by atoms with Gasteiger partial charge in [0.25, 0.3) is 0 Å². The van der Waals surface area contributed by atoms with E-state index in [1.54, 1.807) is 24.1 Å². The van der Waals surface area contributed by atoms with Crippen LogP contribution in [-0.2, 0) is 4.79 Å². The number of aryl methyl sites for hydroxylation is 1. The first-order valence-corrected chi connectivity index (χ1v) is 14.9. The Labute approximate surface area is 256 Å². The largest absolute Gasteiger partial charge is 0.389 e. The Hall–Kier alpha value is -4.08. The van der Waals surface area contributed by atoms with Crippen LogP contribution in [0.1, 0.15) is 63.5 Å². The van der Waals surface area contributed by atoms with Crippen molar-refractivity contribution < 1.29 is 9.90 Å². The molecule has 1 amide bonds. The second-order valence-corrected chi connectivity index (χ2v) is 12.0. The Kier molecular flexibility index (Phi) is 8.40. The zero-order valence-electron chi connectivity index (χ0n) is 25.4. The molecule has 1 saturated heterocycles. The van der Waals surface area contributed by atoms with Gasteiger partial charge < -0.3 is 14.9 Å². The summed E-state index contributed by atoms with van der Waals surface area (Å²) < 4.78 is 1.53. The van der Waals surface area contributed by atoms with Crippen molar-refractivity contribution in [1.29, 1.82) is 0 Å². The van der Waals surface area contributed by atoms with Gasteiger partial charge >= 0.3 is 5.69 Å². The van der Waals surface area contributed by atoms with E-state index in [9.17, 15) is 14.7 Å². The molecule has 1 unspecified atom stereocenters. The third kappa shape index (κ3) is 5.43. The SMILES string of the molecule is C=CC(=O)N1C[C@H](C)N(c2nc(=O)n(-c3c(C)ccnc3C(C)C)c3nc(-c4ccccc4C(C)O)c(Cl)cc23)C[C@H]1C. The number of fused-ring (bicyclic) bond motifs is 1. The maximum absolute atomic E-state index is 14.1. The number of carbonyl (C=O) groups is 1. The van der Waals surface area contributed by atoms with Gasteiger partial charge in [-0.3, -0.25) is 9.78 Å². The van der Waals surface area contributed by atoms with Crippen molar-refractivity contribution in [2.75, 3.05) is 18.0 Å². The number of anilines is 1. The quantitative estimate of drug-likeness (QED) is 0.288. The van der Waals surface area contributed by atoms with Crippen LogP contribution in [-0.4, -0.2) is 60.6 Å². The molecule has 1 aromatic carbocycles. The van der Waals surface area contributed by atoms with Crippen LogP contribution in [0.4, 0.5) is 5.82 Å². The normalized spacial score (nSPS) is 17.9. The summed E-state index contributed by atoms with van der Waals surface area (Å²) in [4.78, 5) is 44.8. The Morgan fingerprint density at radius 2 is 1.84 bits per heavy atom. The molecular weight excluding hydrogens is 564 g/mol. The maximum atomic E-state index is 14.1. The Morgan fingerprint density at radius 3 is 2.51 bits per heavy atom. The monoisotopic (exact) mass is 600 g/mol. The number of nitrogens with zero attached hydrogens (tertiary/aromatic N) is 6. The highest BCUT2D eigenvalue weighted by Gasteiger charge is 2.34. The molecule has 0 radical (unpaired) electrons. The van der Waals surface area contributed by atoms with Crippen LogP contribution < -0.4 is 10.6 Å². The minimum absolute atomic E-state index is 0.0237. The number of rotatable bonds is 6. The first kappa shape index (κ1) is 30.4. The fraction of sp³-hybridized carbons (Fsp3) is 0.364. The smallest absolute Gasteiger partial charge is 0.355 e. The zero-order chi connectivity index (χ0) is 31.2. The Bertz CT molecular complexity index is 1780. The number of hydrogen-bond acceptors (Lipinski definition) is 7. The summed E-state index contributed by atoms with van der Waals surface area (Å²) in [6.07, 6.45) is 2.31. The number of amides is 1. The minimum atomic E-state index is -0.759. The number of piperazine rings is 1. The van der Waals surface area contributed by atoms with Gasteiger partial charge in [0.2, 0.25) is 5.91 Å². The molecule has 0 bridgehead atoms. The molecule has 0 saturated carbocycles. The van der Waals surface area contributed by atoms with Crippen molar-refractivity contribution >= 4 is 34.4 Å². The highest BCUT2D eigenvalue weighted by Crippen LogP contribution is 2.38. The summed E-state index contributed by atoms with van der Waals surface area (Å²) in [5.74, 6) is 0.348. The van der Waals surface area contributed by atoms with Gasteiger partial charge in [-0.15, -0.1) is 0 Å². The molecule has 1 N–H and O–H groups in total. The number of hydrogen-bond donors (Lipinski definition) is 1. The van der Waals surface area contributed by atoms with Crippen molar-refractivity contribution in [3.05, 3.63) is 87.6 Å². The van der Waals surface area contributed by atoms with Gasteiger partial charge in [0.05, 0.1) is 33.6 Å². The first-order chi connectivity index (χ1) is 20.4. The molecule has 4 aromatic rings. The van der Waals surface area contributed by atoms with Crippen molar-refractivity contribution in [2.45, 2.75) is 65.6 Å². The van der Waals surface area contributed by atoms with Gasteiger partial charge in [-0.25, -0.2) is 14.3 Å². The molecule has 4 heterocycles. The summed E-state index contributed by atoms with van der Waals surface area (Å²) in [5, 5.41) is 11.5. The lowest BCUT2D eigenvalue weighted by molar-refractivity contribution is -0.128. The summed E-state index contributed by atoms with van der Waals surface area (Å²) >= 11 is 6.97. The lowest BCUT2D eigenvalue weighted by Gasteiger charge is -2.44. The lowest BCUT2D eigenvalue weighted by atomic mass is 9.99. The van der Waals surface area contributed by atoms with Crippen LogP contribution in [0.15, 0.2) is 60.0 Å². The van der Waals surface area contributed by atoms with Crippen molar-refractivity contribution in [3.63, 3.8) is 0 Å². The van der Waals surface area contributed by atoms with Crippen molar-refractivity contribution in [1.82, 2.24) is 24.4 Å². The van der Waals surface area contributed by atoms with Crippen LogP contribution >= 0.6 is 11.6 Å². The third-order valence-electron chi connectivity index (χ3n) is 8.11. The topological polar surface area (TPSA) is 104 Å². The van der Waals surface area contributed by atoms with Gasteiger partial charge in [-0.1, -0.05) is 56.3 Å². The molecule has 0 aliphatic carbocycles. The number of pyridine rings is 2. The fourth-order valence-corrected chi connectivity index (χ4v) is 6.18. The van der Waals surface area contributed by atoms with Gasteiger partial charge in [0.15, 0.2) is 5.65 Å². The van der Waals surface area contributed by atoms with Crippen LogP contribution in [0.3, 0.4) is 0 Å².